The van der Waals surface area contributed by atoms with Crippen LogP contribution in [0.5, 0.6) is 0 Å². The number of esters is 1. The van der Waals surface area contributed by atoms with E-state index in [9.17, 15) is 14.4 Å². The second kappa shape index (κ2) is 10.9. The zero-order valence-corrected chi connectivity index (χ0v) is 16.3. The second-order valence-electron chi connectivity index (χ2n) is 6.11. The molecule has 2 N–H and O–H groups in total. The van der Waals surface area contributed by atoms with Crippen LogP contribution in [0.4, 0.5) is 0 Å². The Morgan fingerprint density at radius 3 is 2.50 bits per heavy atom. The quantitative estimate of drug-likeness (QED) is 0.259. The fourth-order valence-corrected chi connectivity index (χ4v) is 2.93. The molecule has 144 valence electrons. The fourth-order valence-electron chi connectivity index (χ4n) is 2.11. The van der Waals surface area contributed by atoms with Crippen molar-refractivity contribution in [2.24, 2.45) is 0 Å². The van der Waals surface area contributed by atoms with Gasteiger partial charge in [-0.15, -0.1) is 11.8 Å². The van der Waals surface area contributed by atoms with Crippen molar-refractivity contribution < 1.29 is 23.9 Å². The minimum Gasteiger partial charge on any atom is -0.435 e. The minimum absolute atomic E-state index is 0.173. The molecule has 1 aromatic carbocycles. The molecule has 0 fully saturated rings. The lowest BCUT2D eigenvalue weighted by Gasteiger charge is -2.32. The number of nitrogens with one attached hydrogen (secondary N) is 2. The number of carbonyl (C=O) groups excluding carboxylic acids is 3. The number of amides is 1. The van der Waals surface area contributed by atoms with Crippen LogP contribution in [0.3, 0.4) is 0 Å². The summed E-state index contributed by atoms with van der Waals surface area (Å²) in [4.78, 5) is 35.3. The van der Waals surface area contributed by atoms with Crippen LogP contribution >= 0.6 is 11.8 Å². The van der Waals surface area contributed by atoms with Gasteiger partial charge in [-0.1, -0.05) is 30.3 Å². The van der Waals surface area contributed by atoms with E-state index in [1.165, 1.54) is 18.9 Å². The Kier molecular flexibility index (Phi) is 9.32. The Bertz CT molecular complexity index is 595. The first-order valence-corrected chi connectivity index (χ1v) is 9.18. The molecule has 0 aliphatic heterocycles. The van der Waals surface area contributed by atoms with E-state index in [-0.39, 0.29) is 18.1 Å². The van der Waals surface area contributed by atoms with Crippen LogP contribution in [0.15, 0.2) is 30.3 Å². The summed E-state index contributed by atoms with van der Waals surface area (Å²) in [6, 6.07) is 8.38. The van der Waals surface area contributed by atoms with Crippen molar-refractivity contribution >= 4 is 29.9 Å². The van der Waals surface area contributed by atoms with Crippen LogP contribution in [0.2, 0.25) is 0 Å². The maximum Gasteiger partial charge on any atom is 0.328 e. The molecule has 7 nitrogen and oxygen atoms in total. The smallest absolute Gasteiger partial charge is 0.328 e. The Morgan fingerprint density at radius 1 is 1.27 bits per heavy atom. The van der Waals surface area contributed by atoms with E-state index in [2.05, 4.69) is 10.9 Å². The topological polar surface area (TPSA) is 93.7 Å². The van der Waals surface area contributed by atoms with Gasteiger partial charge in [0.2, 0.25) is 5.91 Å². The number of hydrazine groups is 1. The maximum atomic E-state index is 12.5. The summed E-state index contributed by atoms with van der Waals surface area (Å²) >= 11 is 1.28. The average molecular weight is 382 g/mol. The molecule has 0 bridgehead atoms. The predicted octanol–water partition coefficient (Wildman–Crippen LogP) is 1.46. The van der Waals surface area contributed by atoms with Gasteiger partial charge < -0.3 is 14.3 Å². The molecule has 0 radical (unpaired) electrons. The largest absolute Gasteiger partial charge is 0.435 e. The highest BCUT2D eigenvalue weighted by atomic mass is 32.2. The number of hydrogen-bond acceptors (Lipinski definition) is 7. The standard InChI is InChI=1S/C18H26N2O5S/c1-13(24-4)25-17(23)16(18(2,3)26-11-10-21)20-19-15(22)12-14-8-6-5-7-9-14/h5-10,13,16,20H,11-12H2,1-4H3,(H,19,22). The third-order valence-electron chi connectivity index (χ3n) is 3.63. The van der Waals surface area contributed by atoms with Crippen LogP contribution in [0.1, 0.15) is 26.3 Å². The van der Waals surface area contributed by atoms with Crippen molar-refractivity contribution in [3.05, 3.63) is 35.9 Å². The Morgan fingerprint density at radius 2 is 1.92 bits per heavy atom. The molecular formula is C18H26N2O5S. The zero-order valence-electron chi connectivity index (χ0n) is 15.5. The van der Waals surface area contributed by atoms with E-state index in [0.29, 0.717) is 0 Å². The number of methoxy groups -OCH3 is 1. The highest BCUT2D eigenvalue weighted by Crippen LogP contribution is 2.28. The first-order valence-electron chi connectivity index (χ1n) is 8.19. The summed E-state index contributed by atoms with van der Waals surface area (Å²) < 4.78 is 9.45. The monoisotopic (exact) mass is 382 g/mol. The van der Waals surface area contributed by atoms with E-state index < -0.39 is 23.0 Å². The van der Waals surface area contributed by atoms with Crippen LogP contribution in [-0.4, -0.2) is 48.1 Å². The molecule has 0 heterocycles. The van der Waals surface area contributed by atoms with E-state index in [1.54, 1.807) is 20.8 Å². The zero-order chi connectivity index (χ0) is 19.6. The maximum absolute atomic E-state index is 12.5. The summed E-state index contributed by atoms with van der Waals surface area (Å²) in [5.74, 6) is -0.649. The van der Waals surface area contributed by atoms with Gasteiger partial charge in [0.1, 0.15) is 12.3 Å². The SMILES string of the molecule is COC(C)OC(=O)C(NNC(=O)Cc1ccccc1)C(C)(C)SCC=O. The van der Waals surface area contributed by atoms with Gasteiger partial charge in [0.15, 0.2) is 6.29 Å². The lowest BCUT2D eigenvalue weighted by molar-refractivity contribution is -0.173. The Labute approximate surface area is 158 Å². The van der Waals surface area contributed by atoms with Crippen LogP contribution in [0.25, 0.3) is 0 Å². The average Bonchev–Trinajstić information content (AvgIpc) is 2.60. The van der Waals surface area contributed by atoms with Crippen molar-refractivity contribution in [2.75, 3.05) is 12.9 Å². The first kappa shape index (κ1) is 22.1. The van der Waals surface area contributed by atoms with Crippen LogP contribution in [0, 0.1) is 0 Å². The number of thioether (sulfide) groups is 1. The molecule has 1 rings (SSSR count). The van der Waals surface area contributed by atoms with E-state index in [1.807, 2.05) is 30.3 Å². The summed E-state index contributed by atoms with van der Waals surface area (Å²) in [5.41, 5.74) is 6.16. The number of ether oxygens (including phenoxy) is 2. The number of carbonyl (C=O) groups is 3. The summed E-state index contributed by atoms with van der Waals surface area (Å²) in [7, 11) is 1.42. The molecule has 1 aromatic rings. The van der Waals surface area contributed by atoms with E-state index >= 15 is 0 Å². The van der Waals surface area contributed by atoms with Crippen molar-refractivity contribution in [3.63, 3.8) is 0 Å². The summed E-state index contributed by atoms with van der Waals surface area (Å²) in [6.45, 7) is 5.18. The minimum atomic E-state index is -0.871. The van der Waals surface area contributed by atoms with Crippen molar-refractivity contribution in [1.82, 2.24) is 10.9 Å². The molecule has 0 saturated carbocycles. The third-order valence-corrected chi connectivity index (χ3v) is 4.91. The fraction of sp³-hybridized carbons (Fsp3) is 0.500. The van der Waals surface area contributed by atoms with Gasteiger partial charge in [0, 0.05) is 17.6 Å². The van der Waals surface area contributed by atoms with Crippen molar-refractivity contribution in [3.8, 4) is 0 Å². The number of hydrogen-bond donors (Lipinski definition) is 2. The summed E-state index contributed by atoms with van der Waals surface area (Å²) in [6.07, 6.45) is 0.214. The Balaban J connectivity index is 2.75. The molecule has 1 amide bonds. The highest BCUT2D eigenvalue weighted by molar-refractivity contribution is 8.01. The van der Waals surface area contributed by atoms with Gasteiger partial charge in [0.05, 0.1) is 6.42 Å². The van der Waals surface area contributed by atoms with Gasteiger partial charge in [-0.3, -0.25) is 15.0 Å². The van der Waals surface area contributed by atoms with Gasteiger partial charge in [-0.05, 0) is 26.3 Å². The Hall–Kier alpha value is -1.90. The van der Waals surface area contributed by atoms with Gasteiger partial charge in [0.25, 0.3) is 0 Å². The molecule has 0 spiro atoms. The summed E-state index contributed by atoms with van der Waals surface area (Å²) in [5, 5.41) is 0. The lowest BCUT2D eigenvalue weighted by Crippen LogP contribution is -2.58. The normalized spacial score (nSPS) is 13.5. The number of benzene rings is 1. The number of aldehydes is 1. The predicted molar refractivity (Wildman–Crippen MR) is 100 cm³/mol. The molecule has 0 saturated heterocycles. The second-order valence-corrected chi connectivity index (χ2v) is 7.78. The number of rotatable bonds is 11. The molecule has 0 aliphatic rings. The van der Waals surface area contributed by atoms with Crippen molar-refractivity contribution in [1.29, 1.82) is 0 Å². The van der Waals surface area contributed by atoms with E-state index in [0.717, 1.165) is 11.8 Å². The van der Waals surface area contributed by atoms with Crippen LogP contribution < -0.4 is 10.9 Å². The highest BCUT2D eigenvalue weighted by Gasteiger charge is 2.38. The first-order chi connectivity index (χ1) is 12.3. The third kappa shape index (κ3) is 7.55. The molecule has 0 aliphatic carbocycles. The van der Waals surface area contributed by atoms with Gasteiger partial charge in [-0.2, -0.15) is 0 Å². The van der Waals surface area contributed by atoms with Crippen LogP contribution in [-0.2, 0) is 30.3 Å². The van der Waals surface area contributed by atoms with Gasteiger partial charge in [-0.25, -0.2) is 5.43 Å². The molecule has 8 heteroatoms. The molecule has 2 atom stereocenters. The molecule has 2 unspecified atom stereocenters. The molecule has 26 heavy (non-hydrogen) atoms. The van der Waals surface area contributed by atoms with E-state index in [4.69, 9.17) is 9.47 Å². The lowest BCUT2D eigenvalue weighted by atomic mass is 10.0. The van der Waals surface area contributed by atoms with Gasteiger partial charge >= 0.3 is 5.97 Å². The van der Waals surface area contributed by atoms with Crippen molar-refractivity contribution in [2.45, 2.75) is 44.3 Å². The molecular weight excluding hydrogens is 356 g/mol. The molecule has 0 aromatic heterocycles.